The minimum absolute atomic E-state index is 0.204. The molecule has 0 fully saturated rings. The van der Waals surface area contributed by atoms with E-state index in [0.29, 0.717) is 35.3 Å². The van der Waals surface area contributed by atoms with E-state index in [9.17, 15) is 4.79 Å². The highest BCUT2D eigenvalue weighted by Gasteiger charge is 2.26. The molecule has 0 atom stereocenters. The van der Waals surface area contributed by atoms with E-state index in [1.807, 2.05) is 44.2 Å². The van der Waals surface area contributed by atoms with Gasteiger partial charge >= 0.3 is 0 Å². The van der Waals surface area contributed by atoms with Gasteiger partial charge in [-0.25, -0.2) is 9.67 Å². The van der Waals surface area contributed by atoms with Crippen molar-refractivity contribution in [2.75, 3.05) is 11.4 Å². The van der Waals surface area contributed by atoms with E-state index in [0.717, 1.165) is 10.0 Å². The molecule has 1 amide bonds. The second-order valence-corrected chi connectivity index (χ2v) is 7.55. The van der Waals surface area contributed by atoms with Crippen LogP contribution >= 0.6 is 27.5 Å². The molecule has 0 aliphatic carbocycles. The van der Waals surface area contributed by atoms with Crippen molar-refractivity contribution in [3.05, 3.63) is 74.6 Å². The maximum atomic E-state index is 13.1. The molecule has 27 heavy (non-hydrogen) atoms. The van der Waals surface area contributed by atoms with Gasteiger partial charge in [-0.05, 0) is 54.4 Å². The zero-order chi connectivity index (χ0) is 19.6. The molecule has 0 radical (unpaired) electrons. The third-order valence-corrected chi connectivity index (χ3v) is 5.14. The minimum Gasteiger partial charge on any atom is -0.293 e. The molecule has 7 heteroatoms. The number of hydrogen-bond acceptors (Lipinski definition) is 3. The van der Waals surface area contributed by atoms with Gasteiger partial charge < -0.3 is 0 Å². The van der Waals surface area contributed by atoms with Crippen molar-refractivity contribution in [1.29, 1.82) is 0 Å². The number of aromatic nitrogens is 3. The number of hydrogen-bond donors (Lipinski definition) is 0. The van der Waals surface area contributed by atoms with Gasteiger partial charge in [0.1, 0.15) is 11.0 Å². The monoisotopic (exact) mass is 446 g/mol. The molecule has 2 aromatic heterocycles. The largest absolute Gasteiger partial charge is 0.293 e. The lowest BCUT2D eigenvalue weighted by molar-refractivity contribution is 0.0987. The van der Waals surface area contributed by atoms with Crippen LogP contribution in [0.25, 0.3) is 0 Å². The Balaban J connectivity index is 1.91. The molecule has 5 nitrogen and oxygen atoms in total. The number of amides is 1. The third-order valence-electron chi connectivity index (χ3n) is 4.28. The molecule has 140 valence electrons. The second-order valence-electron chi connectivity index (χ2n) is 6.28. The van der Waals surface area contributed by atoms with Gasteiger partial charge in [-0.2, -0.15) is 5.10 Å². The van der Waals surface area contributed by atoms with Crippen LogP contribution in [-0.4, -0.2) is 27.2 Å². The summed E-state index contributed by atoms with van der Waals surface area (Å²) in [5.41, 5.74) is 3.28. The summed E-state index contributed by atoms with van der Waals surface area (Å²) in [6.07, 6.45) is 1.67. The molecule has 0 aliphatic heterocycles. The zero-order valence-electron chi connectivity index (χ0n) is 15.4. The lowest BCUT2D eigenvalue weighted by atomic mass is 10.1. The maximum absolute atomic E-state index is 13.1. The van der Waals surface area contributed by atoms with E-state index >= 15 is 0 Å². The summed E-state index contributed by atoms with van der Waals surface area (Å²) >= 11 is 9.90. The van der Waals surface area contributed by atoms with Crippen LogP contribution in [0.5, 0.6) is 0 Å². The van der Waals surface area contributed by atoms with Crippen molar-refractivity contribution in [2.24, 2.45) is 0 Å². The van der Waals surface area contributed by atoms with Crippen molar-refractivity contribution < 1.29 is 4.79 Å². The fraction of sp³-hybridized carbons (Fsp3) is 0.250. The minimum atomic E-state index is -0.204. The number of nitrogens with zero attached hydrogens (tertiary/aromatic N) is 4. The number of halogens is 2. The first kappa shape index (κ1) is 19.6. The number of rotatable bonds is 5. The highest BCUT2D eigenvalue weighted by molar-refractivity contribution is 9.10. The Morgan fingerprint density at radius 2 is 1.89 bits per heavy atom. The van der Waals surface area contributed by atoms with E-state index < -0.39 is 0 Å². The summed E-state index contributed by atoms with van der Waals surface area (Å²) in [6, 6.07) is 11.8. The Hall–Kier alpha value is -2.18. The highest BCUT2D eigenvalue weighted by atomic mass is 79.9. The molecule has 0 N–H and O–H groups in total. The van der Waals surface area contributed by atoms with Gasteiger partial charge in [0.25, 0.3) is 5.91 Å². The fourth-order valence-corrected chi connectivity index (χ4v) is 3.39. The van der Waals surface area contributed by atoms with Crippen LogP contribution in [0.4, 0.5) is 5.82 Å². The van der Waals surface area contributed by atoms with E-state index in [1.165, 1.54) is 5.56 Å². The van der Waals surface area contributed by atoms with Crippen LogP contribution in [0.2, 0.25) is 5.15 Å². The highest BCUT2D eigenvalue weighted by Crippen LogP contribution is 2.25. The third kappa shape index (κ3) is 4.22. The first-order valence-electron chi connectivity index (χ1n) is 8.62. The quantitative estimate of drug-likeness (QED) is 0.551. The molecular weight excluding hydrogens is 428 g/mol. The predicted octanol–water partition coefficient (Wildman–Crippen LogP) is 5.03. The van der Waals surface area contributed by atoms with Crippen LogP contribution in [0.15, 0.2) is 47.1 Å². The Morgan fingerprint density at radius 3 is 2.48 bits per heavy atom. The smallest absolute Gasteiger partial charge is 0.264 e. The summed E-state index contributed by atoms with van der Waals surface area (Å²) in [7, 11) is 0. The maximum Gasteiger partial charge on any atom is 0.264 e. The summed E-state index contributed by atoms with van der Waals surface area (Å²) in [4.78, 5) is 19.1. The van der Waals surface area contributed by atoms with E-state index in [-0.39, 0.29) is 5.91 Å². The van der Waals surface area contributed by atoms with Crippen molar-refractivity contribution in [1.82, 2.24) is 14.8 Å². The summed E-state index contributed by atoms with van der Waals surface area (Å²) < 4.78 is 2.52. The molecule has 0 bridgehead atoms. The standard InChI is InChI=1S/C20H20BrClN4O/c1-4-25(17-10-9-16(21)11-23-17)20(27)18-14(3)24-26(19(18)22)12-15-7-5-13(2)6-8-15/h5-11H,4,12H2,1-3H3. The molecule has 3 rings (SSSR count). The zero-order valence-corrected chi connectivity index (χ0v) is 17.8. The number of pyridine rings is 1. The normalized spacial score (nSPS) is 10.9. The van der Waals surface area contributed by atoms with Gasteiger partial charge in [0.05, 0.1) is 17.8 Å². The van der Waals surface area contributed by atoms with E-state index in [4.69, 9.17) is 11.6 Å². The first-order chi connectivity index (χ1) is 12.9. The average molecular weight is 448 g/mol. The number of benzene rings is 1. The lowest BCUT2D eigenvalue weighted by Crippen LogP contribution is -2.31. The Kier molecular flexibility index (Phi) is 5.97. The van der Waals surface area contributed by atoms with Crippen molar-refractivity contribution in [3.8, 4) is 0 Å². The van der Waals surface area contributed by atoms with Gasteiger partial charge in [-0.3, -0.25) is 9.69 Å². The Bertz CT molecular complexity index is 951. The Labute approximate surface area is 172 Å². The SMILES string of the molecule is CCN(C(=O)c1c(C)nn(Cc2ccc(C)cc2)c1Cl)c1ccc(Br)cn1. The molecule has 0 saturated heterocycles. The lowest BCUT2D eigenvalue weighted by Gasteiger charge is -2.19. The predicted molar refractivity (Wildman–Crippen MR) is 112 cm³/mol. The van der Waals surface area contributed by atoms with Crippen molar-refractivity contribution in [2.45, 2.75) is 27.3 Å². The molecule has 3 aromatic rings. The molecule has 0 unspecified atom stereocenters. The molecule has 0 spiro atoms. The first-order valence-corrected chi connectivity index (χ1v) is 9.79. The number of aryl methyl sites for hydroxylation is 2. The fourth-order valence-electron chi connectivity index (χ4n) is 2.84. The summed E-state index contributed by atoms with van der Waals surface area (Å²) in [6.45, 7) is 6.73. The van der Waals surface area contributed by atoms with E-state index in [2.05, 4.69) is 26.0 Å². The van der Waals surface area contributed by atoms with Crippen LogP contribution in [0.1, 0.15) is 34.1 Å². The van der Waals surface area contributed by atoms with Crippen LogP contribution in [-0.2, 0) is 6.54 Å². The van der Waals surface area contributed by atoms with E-state index in [1.54, 1.807) is 28.8 Å². The van der Waals surface area contributed by atoms with Crippen LogP contribution in [0, 0.1) is 13.8 Å². The molecule has 0 saturated carbocycles. The molecule has 1 aromatic carbocycles. The van der Waals surface area contributed by atoms with Crippen molar-refractivity contribution >= 4 is 39.3 Å². The number of carbonyl (C=O) groups excluding carboxylic acids is 1. The second kappa shape index (κ2) is 8.23. The van der Waals surface area contributed by atoms with Crippen LogP contribution in [0.3, 0.4) is 0 Å². The molecule has 2 heterocycles. The van der Waals surface area contributed by atoms with Gasteiger partial charge in [-0.1, -0.05) is 41.4 Å². The topological polar surface area (TPSA) is 51.0 Å². The Morgan fingerprint density at radius 1 is 1.19 bits per heavy atom. The van der Waals surface area contributed by atoms with Gasteiger partial charge in [0, 0.05) is 17.2 Å². The molecular formula is C20H20BrClN4O. The summed E-state index contributed by atoms with van der Waals surface area (Å²) in [5, 5.41) is 4.82. The van der Waals surface area contributed by atoms with Gasteiger partial charge in [0.15, 0.2) is 0 Å². The molecule has 0 aliphatic rings. The van der Waals surface area contributed by atoms with Crippen LogP contribution < -0.4 is 4.90 Å². The average Bonchev–Trinajstić information content (AvgIpc) is 2.92. The number of carbonyl (C=O) groups is 1. The summed E-state index contributed by atoms with van der Waals surface area (Å²) in [5.74, 6) is 0.373. The van der Waals surface area contributed by atoms with Gasteiger partial charge in [0.2, 0.25) is 0 Å². The van der Waals surface area contributed by atoms with Gasteiger partial charge in [-0.15, -0.1) is 0 Å². The van der Waals surface area contributed by atoms with Crippen molar-refractivity contribution in [3.63, 3.8) is 0 Å². The number of anilines is 1.